The Morgan fingerprint density at radius 2 is 1.74 bits per heavy atom. The highest BCUT2D eigenvalue weighted by atomic mass is 16.5. The SMILES string of the molecule is COc1ccc(-n2nc(CC(C(=O)O)c3cn(C)c4ccccc34)cc2-c2ccc(C)cc2)cc1. The second-order valence-electron chi connectivity index (χ2n) is 8.80. The molecule has 6 heteroatoms. The zero-order valence-electron chi connectivity index (χ0n) is 20.0. The molecule has 0 aliphatic heterocycles. The zero-order valence-corrected chi connectivity index (χ0v) is 20.0. The van der Waals surface area contributed by atoms with Crippen molar-refractivity contribution < 1.29 is 14.6 Å². The number of carbonyl (C=O) groups is 1. The number of hydrogen-bond acceptors (Lipinski definition) is 3. The number of aromatic nitrogens is 3. The Morgan fingerprint density at radius 1 is 1.03 bits per heavy atom. The minimum Gasteiger partial charge on any atom is -0.497 e. The fourth-order valence-electron chi connectivity index (χ4n) is 4.57. The van der Waals surface area contributed by atoms with E-state index in [9.17, 15) is 9.90 Å². The van der Waals surface area contributed by atoms with E-state index in [0.29, 0.717) is 0 Å². The van der Waals surface area contributed by atoms with Gasteiger partial charge in [-0.2, -0.15) is 5.10 Å². The largest absolute Gasteiger partial charge is 0.497 e. The van der Waals surface area contributed by atoms with Crippen LogP contribution >= 0.6 is 0 Å². The first-order valence-electron chi connectivity index (χ1n) is 11.5. The molecule has 1 N–H and O–H groups in total. The molecule has 3 aromatic carbocycles. The van der Waals surface area contributed by atoms with E-state index in [1.165, 1.54) is 5.56 Å². The molecule has 0 saturated heterocycles. The van der Waals surface area contributed by atoms with E-state index in [0.717, 1.165) is 44.9 Å². The summed E-state index contributed by atoms with van der Waals surface area (Å²) >= 11 is 0. The Hall–Kier alpha value is -4.32. The molecule has 2 heterocycles. The van der Waals surface area contributed by atoms with Crippen LogP contribution in [-0.4, -0.2) is 32.5 Å². The number of aryl methyl sites for hydroxylation is 2. The summed E-state index contributed by atoms with van der Waals surface area (Å²) in [5.41, 5.74) is 6.51. The summed E-state index contributed by atoms with van der Waals surface area (Å²) in [6.07, 6.45) is 2.20. The maximum absolute atomic E-state index is 12.4. The smallest absolute Gasteiger partial charge is 0.311 e. The van der Waals surface area contributed by atoms with Crippen LogP contribution in [0.2, 0.25) is 0 Å². The van der Waals surface area contributed by atoms with Crippen molar-refractivity contribution in [3.05, 3.63) is 102 Å². The lowest BCUT2D eigenvalue weighted by Gasteiger charge is -2.10. The highest BCUT2D eigenvalue weighted by Gasteiger charge is 2.26. The minimum atomic E-state index is -0.864. The number of rotatable bonds is 7. The number of carboxylic acid groups (broad SMARTS) is 1. The molecule has 176 valence electrons. The van der Waals surface area contributed by atoms with Crippen LogP contribution in [-0.2, 0) is 18.3 Å². The molecule has 0 radical (unpaired) electrons. The number of ether oxygens (including phenoxy) is 1. The van der Waals surface area contributed by atoms with E-state index in [-0.39, 0.29) is 6.42 Å². The number of aliphatic carboxylic acids is 1. The van der Waals surface area contributed by atoms with E-state index >= 15 is 0 Å². The molecule has 6 nitrogen and oxygen atoms in total. The molecule has 1 unspecified atom stereocenters. The Bertz CT molecular complexity index is 1500. The van der Waals surface area contributed by atoms with E-state index in [1.54, 1.807) is 7.11 Å². The van der Waals surface area contributed by atoms with Gasteiger partial charge in [0.2, 0.25) is 0 Å². The van der Waals surface area contributed by atoms with Crippen molar-refractivity contribution in [1.29, 1.82) is 0 Å². The molecular weight excluding hydrogens is 438 g/mol. The summed E-state index contributed by atoms with van der Waals surface area (Å²) < 4.78 is 9.16. The number of fused-ring (bicyclic) bond motifs is 1. The van der Waals surface area contributed by atoms with Gasteiger partial charge in [-0.1, -0.05) is 48.0 Å². The maximum atomic E-state index is 12.4. The van der Waals surface area contributed by atoms with Gasteiger partial charge < -0.3 is 14.4 Å². The molecular formula is C29H27N3O3. The zero-order chi connectivity index (χ0) is 24.5. The van der Waals surface area contributed by atoms with E-state index in [1.807, 2.05) is 77.1 Å². The number of hydrogen-bond donors (Lipinski definition) is 1. The first-order valence-corrected chi connectivity index (χ1v) is 11.5. The second-order valence-corrected chi connectivity index (χ2v) is 8.80. The van der Waals surface area contributed by atoms with Crippen molar-refractivity contribution in [1.82, 2.24) is 14.3 Å². The molecule has 0 saturated carbocycles. The van der Waals surface area contributed by atoms with Gasteiger partial charge in [0.25, 0.3) is 0 Å². The van der Waals surface area contributed by atoms with Crippen molar-refractivity contribution in [3.8, 4) is 22.7 Å². The monoisotopic (exact) mass is 465 g/mol. The minimum absolute atomic E-state index is 0.283. The molecule has 0 amide bonds. The third-order valence-corrected chi connectivity index (χ3v) is 6.44. The first kappa shape index (κ1) is 22.5. The van der Waals surface area contributed by atoms with Crippen LogP contribution in [0.25, 0.3) is 27.8 Å². The normalized spacial score (nSPS) is 12.1. The average molecular weight is 466 g/mol. The standard InChI is InChI=1S/C29H27N3O3/c1-19-8-10-20(11-9-19)28-17-21(30-32(28)22-12-14-23(35-3)15-13-22)16-25(29(33)34)26-18-31(2)27-7-5-4-6-24(26)27/h4-15,17-18,25H,16H2,1-3H3,(H,33,34). The van der Waals surface area contributed by atoms with Gasteiger partial charge in [-0.05, 0) is 48.9 Å². The lowest BCUT2D eigenvalue weighted by atomic mass is 9.93. The number of nitrogens with zero attached hydrogens (tertiary/aromatic N) is 3. The van der Waals surface area contributed by atoms with Crippen LogP contribution in [0, 0.1) is 6.92 Å². The molecule has 0 spiro atoms. The van der Waals surface area contributed by atoms with Crippen molar-refractivity contribution in [2.75, 3.05) is 7.11 Å². The average Bonchev–Trinajstić information content (AvgIpc) is 3.44. The molecule has 35 heavy (non-hydrogen) atoms. The number of benzene rings is 3. The quantitative estimate of drug-likeness (QED) is 0.332. The second kappa shape index (κ2) is 9.14. The van der Waals surface area contributed by atoms with Crippen molar-refractivity contribution >= 4 is 16.9 Å². The molecule has 2 aromatic heterocycles. The van der Waals surface area contributed by atoms with Crippen LogP contribution in [0.5, 0.6) is 5.75 Å². The number of carboxylic acids is 1. The first-order chi connectivity index (χ1) is 16.9. The molecule has 0 aliphatic carbocycles. The van der Waals surface area contributed by atoms with Crippen LogP contribution in [0.1, 0.15) is 22.7 Å². The summed E-state index contributed by atoms with van der Waals surface area (Å²) in [5.74, 6) is -0.816. The third kappa shape index (κ3) is 4.30. The molecule has 5 aromatic rings. The molecule has 0 aliphatic rings. The predicted molar refractivity (Wildman–Crippen MR) is 137 cm³/mol. The van der Waals surface area contributed by atoms with Crippen molar-refractivity contribution in [2.45, 2.75) is 19.3 Å². The van der Waals surface area contributed by atoms with Crippen LogP contribution < -0.4 is 4.74 Å². The van der Waals surface area contributed by atoms with Gasteiger partial charge in [0, 0.05) is 36.1 Å². The maximum Gasteiger partial charge on any atom is 0.311 e. The summed E-state index contributed by atoms with van der Waals surface area (Å²) in [4.78, 5) is 12.4. The van der Waals surface area contributed by atoms with E-state index in [2.05, 4.69) is 31.2 Å². The van der Waals surface area contributed by atoms with Crippen LogP contribution in [0.15, 0.2) is 85.1 Å². The highest BCUT2D eigenvalue weighted by molar-refractivity contribution is 5.90. The van der Waals surface area contributed by atoms with Gasteiger partial charge in [-0.15, -0.1) is 0 Å². The highest BCUT2D eigenvalue weighted by Crippen LogP contribution is 2.32. The number of para-hydroxylation sites is 1. The van der Waals surface area contributed by atoms with Gasteiger partial charge in [0.1, 0.15) is 5.75 Å². The topological polar surface area (TPSA) is 69.3 Å². The van der Waals surface area contributed by atoms with Gasteiger partial charge >= 0.3 is 5.97 Å². The van der Waals surface area contributed by atoms with E-state index in [4.69, 9.17) is 9.84 Å². The van der Waals surface area contributed by atoms with Crippen LogP contribution in [0.4, 0.5) is 0 Å². The lowest BCUT2D eigenvalue weighted by molar-refractivity contribution is -0.138. The number of methoxy groups -OCH3 is 1. The van der Waals surface area contributed by atoms with Gasteiger partial charge in [0.05, 0.1) is 30.1 Å². The van der Waals surface area contributed by atoms with Gasteiger partial charge in [-0.25, -0.2) is 4.68 Å². The fraction of sp³-hybridized carbons (Fsp3) is 0.172. The van der Waals surface area contributed by atoms with Crippen molar-refractivity contribution in [3.63, 3.8) is 0 Å². The summed E-state index contributed by atoms with van der Waals surface area (Å²) in [7, 11) is 3.58. The third-order valence-electron chi connectivity index (χ3n) is 6.44. The fourth-order valence-corrected chi connectivity index (χ4v) is 4.57. The summed E-state index contributed by atoms with van der Waals surface area (Å²) in [6.45, 7) is 2.05. The Balaban J connectivity index is 1.59. The molecule has 0 fully saturated rings. The Morgan fingerprint density at radius 3 is 2.43 bits per heavy atom. The van der Waals surface area contributed by atoms with E-state index < -0.39 is 11.9 Å². The molecule has 5 rings (SSSR count). The Labute approximate surface area is 204 Å². The predicted octanol–water partition coefficient (Wildman–Crippen LogP) is 5.76. The van der Waals surface area contributed by atoms with Crippen molar-refractivity contribution in [2.24, 2.45) is 7.05 Å². The summed E-state index contributed by atoms with van der Waals surface area (Å²) in [5, 5.41) is 16.0. The molecule has 0 bridgehead atoms. The van der Waals surface area contributed by atoms with Gasteiger partial charge in [0.15, 0.2) is 0 Å². The molecule has 1 atom stereocenters. The lowest BCUT2D eigenvalue weighted by Crippen LogP contribution is -2.14. The Kier molecular flexibility index (Phi) is 5.87. The van der Waals surface area contributed by atoms with Gasteiger partial charge in [-0.3, -0.25) is 4.79 Å². The summed E-state index contributed by atoms with van der Waals surface area (Å²) in [6, 6.07) is 25.8. The van der Waals surface area contributed by atoms with Crippen LogP contribution in [0.3, 0.4) is 0 Å².